The fourth-order valence-electron chi connectivity index (χ4n) is 2.04. The highest BCUT2D eigenvalue weighted by Gasteiger charge is 2.12. The summed E-state index contributed by atoms with van der Waals surface area (Å²) in [6.07, 6.45) is 2.45. The molecule has 0 aliphatic rings. The Hall–Kier alpha value is -2.76. The number of carbonyl (C=O) groups excluding carboxylic acids is 2. The number of nitrogens with one attached hydrogen (secondary N) is 2. The van der Waals surface area contributed by atoms with Crippen LogP contribution in [0.1, 0.15) is 36.4 Å². The Bertz CT molecular complexity index is 665. The van der Waals surface area contributed by atoms with Gasteiger partial charge in [-0.15, -0.1) is 0 Å². The molecular formula is C18H23N3O3. The highest BCUT2D eigenvalue weighted by molar-refractivity contribution is 5.95. The van der Waals surface area contributed by atoms with Crippen LogP contribution in [0.15, 0.2) is 47.1 Å². The lowest BCUT2D eigenvalue weighted by Gasteiger charge is -2.17. The quantitative estimate of drug-likeness (QED) is 0.852. The molecule has 0 aliphatic carbocycles. The highest BCUT2D eigenvalue weighted by atomic mass is 16.3. The van der Waals surface area contributed by atoms with Gasteiger partial charge in [-0.2, -0.15) is 0 Å². The zero-order chi connectivity index (χ0) is 17.5. The molecule has 6 heteroatoms. The molecule has 24 heavy (non-hydrogen) atoms. The fourth-order valence-corrected chi connectivity index (χ4v) is 2.04. The van der Waals surface area contributed by atoms with Crippen molar-refractivity contribution >= 4 is 17.6 Å². The molecular weight excluding hydrogens is 306 g/mol. The molecule has 0 aliphatic heterocycles. The van der Waals surface area contributed by atoms with Gasteiger partial charge in [0.2, 0.25) is 0 Å². The Morgan fingerprint density at radius 2 is 1.92 bits per heavy atom. The summed E-state index contributed by atoms with van der Waals surface area (Å²) >= 11 is 0. The van der Waals surface area contributed by atoms with Crippen LogP contribution in [0.4, 0.5) is 10.5 Å². The first-order valence-corrected chi connectivity index (χ1v) is 7.95. The van der Waals surface area contributed by atoms with E-state index in [0.717, 1.165) is 6.42 Å². The summed E-state index contributed by atoms with van der Waals surface area (Å²) in [5.41, 5.74) is 1.20. The molecule has 2 rings (SSSR count). The Morgan fingerprint density at radius 1 is 1.21 bits per heavy atom. The topological polar surface area (TPSA) is 74.6 Å². The summed E-state index contributed by atoms with van der Waals surface area (Å²) in [6.45, 7) is 4.36. The van der Waals surface area contributed by atoms with E-state index < -0.39 is 0 Å². The summed E-state index contributed by atoms with van der Waals surface area (Å²) in [6, 6.07) is 10.3. The normalized spacial score (nSPS) is 11.6. The van der Waals surface area contributed by atoms with Crippen molar-refractivity contribution in [2.24, 2.45) is 0 Å². The number of furan rings is 1. The van der Waals surface area contributed by atoms with Gasteiger partial charge in [0.1, 0.15) is 5.76 Å². The van der Waals surface area contributed by atoms with E-state index in [4.69, 9.17) is 4.42 Å². The number of rotatable bonds is 6. The third-order valence-corrected chi connectivity index (χ3v) is 3.71. The molecule has 6 nitrogen and oxygen atoms in total. The Balaban J connectivity index is 1.91. The van der Waals surface area contributed by atoms with Gasteiger partial charge < -0.3 is 20.0 Å². The summed E-state index contributed by atoms with van der Waals surface area (Å²) in [5.74, 6) is 0.599. The van der Waals surface area contributed by atoms with Crippen LogP contribution >= 0.6 is 0 Å². The predicted octanol–water partition coefficient (Wildman–Crippen LogP) is 3.47. The minimum Gasteiger partial charge on any atom is -0.467 e. The first kappa shape index (κ1) is 17.6. The van der Waals surface area contributed by atoms with Crippen molar-refractivity contribution in [3.8, 4) is 0 Å². The van der Waals surface area contributed by atoms with Crippen molar-refractivity contribution in [2.75, 3.05) is 12.4 Å². The maximum Gasteiger partial charge on any atom is 0.321 e. The van der Waals surface area contributed by atoms with E-state index in [1.54, 1.807) is 43.6 Å². The standard InChI is InChI=1S/C18H23N3O3/c1-4-13(2)19-17(22)14-7-9-15(10-8-14)20-18(23)21(3)12-16-6-5-11-24-16/h5-11,13H,4,12H2,1-3H3,(H,19,22)(H,20,23)/t13-/m1/s1. The smallest absolute Gasteiger partial charge is 0.321 e. The number of anilines is 1. The number of amides is 3. The van der Waals surface area contributed by atoms with Gasteiger partial charge in [-0.3, -0.25) is 4.79 Å². The van der Waals surface area contributed by atoms with E-state index in [1.165, 1.54) is 4.90 Å². The van der Waals surface area contributed by atoms with E-state index >= 15 is 0 Å². The molecule has 0 bridgehead atoms. The number of carbonyl (C=O) groups is 2. The Kier molecular flexibility index (Phi) is 6.01. The van der Waals surface area contributed by atoms with E-state index in [-0.39, 0.29) is 18.0 Å². The van der Waals surface area contributed by atoms with Crippen molar-refractivity contribution in [3.05, 3.63) is 54.0 Å². The van der Waals surface area contributed by atoms with Crippen LogP contribution in [0.25, 0.3) is 0 Å². The lowest BCUT2D eigenvalue weighted by molar-refractivity contribution is 0.0939. The molecule has 0 radical (unpaired) electrons. The van der Waals surface area contributed by atoms with Gasteiger partial charge in [0, 0.05) is 24.3 Å². The number of urea groups is 1. The third-order valence-electron chi connectivity index (χ3n) is 3.71. The SMILES string of the molecule is CC[C@@H](C)NC(=O)c1ccc(NC(=O)N(C)Cc2ccco2)cc1. The maximum absolute atomic E-state index is 12.1. The van der Waals surface area contributed by atoms with Crippen LogP contribution in [-0.2, 0) is 6.54 Å². The first-order valence-electron chi connectivity index (χ1n) is 7.95. The van der Waals surface area contributed by atoms with Crippen LogP contribution in [0.3, 0.4) is 0 Å². The second kappa shape index (κ2) is 8.19. The first-order chi connectivity index (χ1) is 11.5. The molecule has 0 fully saturated rings. The monoisotopic (exact) mass is 329 g/mol. The van der Waals surface area contributed by atoms with Gasteiger partial charge >= 0.3 is 6.03 Å². The average molecular weight is 329 g/mol. The van der Waals surface area contributed by atoms with Crippen molar-refractivity contribution in [3.63, 3.8) is 0 Å². The minimum atomic E-state index is -0.247. The van der Waals surface area contributed by atoms with Crippen LogP contribution in [0, 0.1) is 0 Å². The molecule has 2 aromatic rings. The second-order valence-corrected chi connectivity index (χ2v) is 5.73. The van der Waals surface area contributed by atoms with Gasteiger partial charge in [0.05, 0.1) is 12.8 Å². The summed E-state index contributed by atoms with van der Waals surface area (Å²) in [7, 11) is 1.69. The van der Waals surface area contributed by atoms with Gasteiger partial charge in [-0.25, -0.2) is 4.79 Å². The number of hydrogen-bond donors (Lipinski definition) is 2. The molecule has 0 saturated carbocycles. The fraction of sp³-hybridized carbons (Fsp3) is 0.333. The molecule has 0 unspecified atom stereocenters. The van der Waals surface area contributed by atoms with Crippen molar-refractivity contribution in [1.29, 1.82) is 0 Å². The molecule has 0 saturated heterocycles. The molecule has 2 N–H and O–H groups in total. The summed E-state index contributed by atoms with van der Waals surface area (Å²) in [5, 5.41) is 5.69. The number of nitrogens with zero attached hydrogens (tertiary/aromatic N) is 1. The highest BCUT2D eigenvalue weighted by Crippen LogP contribution is 2.12. The van der Waals surface area contributed by atoms with Gasteiger partial charge in [0.25, 0.3) is 5.91 Å². The van der Waals surface area contributed by atoms with Crippen molar-refractivity contribution in [2.45, 2.75) is 32.9 Å². The average Bonchev–Trinajstić information content (AvgIpc) is 3.08. The van der Waals surface area contributed by atoms with E-state index in [0.29, 0.717) is 23.6 Å². The van der Waals surface area contributed by atoms with Gasteiger partial charge in [-0.1, -0.05) is 6.92 Å². The second-order valence-electron chi connectivity index (χ2n) is 5.73. The Morgan fingerprint density at radius 3 is 2.50 bits per heavy atom. The van der Waals surface area contributed by atoms with Crippen LogP contribution in [0.2, 0.25) is 0 Å². The van der Waals surface area contributed by atoms with Crippen LogP contribution < -0.4 is 10.6 Å². The molecule has 1 aromatic heterocycles. The van der Waals surface area contributed by atoms with E-state index in [2.05, 4.69) is 10.6 Å². The van der Waals surface area contributed by atoms with Gasteiger partial charge in [0.15, 0.2) is 0 Å². The van der Waals surface area contributed by atoms with Crippen LogP contribution in [-0.4, -0.2) is 29.9 Å². The zero-order valence-corrected chi connectivity index (χ0v) is 14.2. The summed E-state index contributed by atoms with van der Waals surface area (Å²) in [4.78, 5) is 25.7. The molecule has 1 aromatic carbocycles. The molecule has 3 amide bonds. The lowest BCUT2D eigenvalue weighted by Crippen LogP contribution is -2.32. The van der Waals surface area contributed by atoms with Crippen molar-refractivity contribution < 1.29 is 14.0 Å². The number of hydrogen-bond acceptors (Lipinski definition) is 3. The summed E-state index contributed by atoms with van der Waals surface area (Å²) < 4.78 is 5.22. The predicted molar refractivity (Wildman–Crippen MR) is 92.9 cm³/mol. The zero-order valence-electron chi connectivity index (χ0n) is 14.2. The van der Waals surface area contributed by atoms with Gasteiger partial charge in [-0.05, 0) is 49.7 Å². The molecule has 128 valence electrons. The lowest BCUT2D eigenvalue weighted by atomic mass is 10.1. The van der Waals surface area contributed by atoms with E-state index in [1.807, 2.05) is 19.9 Å². The largest absolute Gasteiger partial charge is 0.467 e. The van der Waals surface area contributed by atoms with Crippen LogP contribution in [0.5, 0.6) is 0 Å². The Labute approximate surface area is 141 Å². The minimum absolute atomic E-state index is 0.114. The maximum atomic E-state index is 12.1. The van der Waals surface area contributed by atoms with E-state index in [9.17, 15) is 9.59 Å². The molecule has 0 spiro atoms. The van der Waals surface area contributed by atoms with Crippen molar-refractivity contribution in [1.82, 2.24) is 10.2 Å². The molecule has 1 heterocycles. The molecule has 1 atom stereocenters. The number of benzene rings is 1. The third kappa shape index (κ3) is 4.87.